The number of nitrogens with one attached hydrogen (secondary N) is 1. The van der Waals surface area contributed by atoms with Gasteiger partial charge in [0, 0.05) is 68.4 Å². The van der Waals surface area contributed by atoms with Crippen LogP contribution in [0.5, 0.6) is 0 Å². The van der Waals surface area contributed by atoms with Crippen molar-refractivity contribution >= 4 is 43.4 Å². The van der Waals surface area contributed by atoms with E-state index in [-0.39, 0.29) is 0 Å². The highest BCUT2D eigenvalue weighted by Crippen LogP contribution is 2.44. The van der Waals surface area contributed by atoms with Crippen LogP contribution in [0.2, 0.25) is 0 Å². The van der Waals surface area contributed by atoms with Crippen LogP contribution in [0.15, 0.2) is 35.3 Å². The van der Waals surface area contributed by atoms with E-state index < -0.39 is 0 Å². The summed E-state index contributed by atoms with van der Waals surface area (Å²) in [5.74, 6) is 1.66. The van der Waals surface area contributed by atoms with Crippen molar-refractivity contribution in [3.05, 3.63) is 35.9 Å². The zero-order chi connectivity index (χ0) is 11.4. The summed E-state index contributed by atoms with van der Waals surface area (Å²) in [5, 5.41) is 3.38. The Morgan fingerprint density at radius 1 is 1.12 bits per heavy atom. The average Bonchev–Trinajstić information content (AvgIpc) is 2.80. The number of rotatable bonds is 2. The molecule has 2 fully saturated rings. The van der Waals surface area contributed by atoms with Gasteiger partial charge in [-0.2, -0.15) is 0 Å². The Balaban J connectivity index is 0.000000457. The summed E-state index contributed by atoms with van der Waals surface area (Å²) < 4.78 is 0. The molecule has 1 saturated heterocycles. The van der Waals surface area contributed by atoms with Gasteiger partial charge in [0.25, 0.3) is 0 Å². The molecule has 16 heavy (non-hydrogen) atoms. The Kier molecular flexibility index (Phi) is 5.02. The van der Waals surface area contributed by atoms with E-state index in [0.29, 0.717) is 6.04 Å². The van der Waals surface area contributed by atoms with E-state index in [4.69, 9.17) is 0 Å². The van der Waals surface area contributed by atoms with Gasteiger partial charge in [-0.05, 0) is 5.56 Å². The maximum Gasteiger partial charge on any atom is 0.0588 e. The number of benzene rings is 1. The molecule has 0 bridgehead atoms. The molecule has 1 unspecified atom stereocenters. The number of fused-ring (bicyclic) bond motifs is 1. The van der Waals surface area contributed by atoms with Crippen molar-refractivity contribution in [2.24, 2.45) is 16.8 Å². The fourth-order valence-corrected chi connectivity index (χ4v) is 2.32. The van der Waals surface area contributed by atoms with Gasteiger partial charge < -0.3 is 5.32 Å². The third kappa shape index (κ3) is 2.95. The Labute approximate surface area is 120 Å². The first-order chi connectivity index (χ1) is 7.95. The van der Waals surface area contributed by atoms with Crippen molar-refractivity contribution in [3.63, 3.8) is 0 Å². The second-order valence-electron chi connectivity index (χ2n) is 4.17. The summed E-state index contributed by atoms with van der Waals surface area (Å²) >= 11 is 4.24. The predicted molar refractivity (Wildman–Crippen MR) is 85.7 cm³/mol. The molecule has 1 aromatic rings. The standard InChI is InChI=1S/C12H14N2.I2/c1-2-4-9(5-3-1)6-14-12-10-7-13-8-11(10)12;1-2/h1-6,10-13H,7-8H2;/t10-,11+,12?;. The summed E-state index contributed by atoms with van der Waals surface area (Å²) in [6.07, 6.45) is 2.02. The van der Waals surface area contributed by atoms with Crippen molar-refractivity contribution < 1.29 is 0 Å². The first-order valence-electron chi connectivity index (χ1n) is 5.38. The van der Waals surface area contributed by atoms with Crippen LogP contribution in [0.4, 0.5) is 0 Å². The predicted octanol–water partition coefficient (Wildman–Crippen LogP) is 3.09. The quantitative estimate of drug-likeness (QED) is 0.555. The fraction of sp³-hybridized carbons (Fsp3) is 0.417. The third-order valence-electron chi connectivity index (χ3n) is 3.24. The van der Waals surface area contributed by atoms with Crippen LogP contribution in [0.1, 0.15) is 5.56 Å². The van der Waals surface area contributed by atoms with E-state index >= 15 is 0 Å². The highest BCUT2D eigenvalue weighted by Gasteiger charge is 2.52. The molecule has 86 valence electrons. The normalized spacial score (nSPS) is 30.8. The van der Waals surface area contributed by atoms with Gasteiger partial charge in [0.15, 0.2) is 0 Å². The second-order valence-corrected chi connectivity index (χ2v) is 4.17. The van der Waals surface area contributed by atoms with Crippen LogP contribution in [0.3, 0.4) is 0 Å². The van der Waals surface area contributed by atoms with Crippen molar-refractivity contribution in [1.82, 2.24) is 5.32 Å². The summed E-state index contributed by atoms with van der Waals surface area (Å²) in [4.78, 5) is 4.63. The third-order valence-corrected chi connectivity index (χ3v) is 3.24. The molecule has 0 aromatic heterocycles. The second kappa shape index (κ2) is 6.30. The van der Waals surface area contributed by atoms with Gasteiger partial charge in [0.05, 0.1) is 6.04 Å². The molecule has 3 rings (SSSR count). The maximum absolute atomic E-state index is 4.63. The largest absolute Gasteiger partial charge is 0.316 e. The number of piperidine rings is 1. The van der Waals surface area contributed by atoms with Crippen LogP contribution in [0.25, 0.3) is 0 Å². The molecule has 0 spiro atoms. The minimum absolute atomic E-state index is 0.608. The smallest absolute Gasteiger partial charge is 0.0588 e. The molecule has 1 aromatic carbocycles. The molecule has 1 heterocycles. The lowest BCUT2D eigenvalue weighted by Gasteiger charge is -1.97. The van der Waals surface area contributed by atoms with Crippen molar-refractivity contribution in [3.8, 4) is 0 Å². The van der Waals surface area contributed by atoms with E-state index in [0.717, 1.165) is 11.8 Å². The van der Waals surface area contributed by atoms with Crippen molar-refractivity contribution in [2.75, 3.05) is 13.1 Å². The lowest BCUT2D eigenvalue weighted by Crippen LogP contribution is -2.15. The summed E-state index contributed by atoms with van der Waals surface area (Å²) in [6, 6.07) is 10.9. The number of hydrogen-bond acceptors (Lipinski definition) is 2. The number of halogens is 2. The van der Waals surface area contributed by atoms with E-state index in [1.54, 1.807) is 0 Å². The maximum atomic E-state index is 4.63. The van der Waals surface area contributed by atoms with Gasteiger partial charge in [-0.3, -0.25) is 4.99 Å². The van der Waals surface area contributed by atoms with Crippen LogP contribution >= 0.6 is 37.2 Å². The van der Waals surface area contributed by atoms with Crippen molar-refractivity contribution in [2.45, 2.75) is 6.04 Å². The topological polar surface area (TPSA) is 24.4 Å². The Morgan fingerprint density at radius 3 is 2.38 bits per heavy atom. The zero-order valence-corrected chi connectivity index (χ0v) is 13.1. The molecule has 1 aliphatic heterocycles. The Bertz CT molecular complexity index is 343. The number of nitrogens with zero attached hydrogens (tertiary/aromatic N) is 1. The molecule has 1 aliphatic carbocycles. The molecular weight excluding hydrogens is 426 g/mol. The number of aliphatic imine (C=N–C) groups is 1. The molecule has 4 heteroatoms. The van der Waals surface area contributed by atoms with Crippen LogP contribution in [-0.4, -0.2) is 25.3 Å². The van der Waals surface area contributed by atoms with E-state index in [2.05, 4.69) is 71.8 Å². The van der Waals surface area contributed by atoms with Crippen LogP contribution < -0.4 is 5.32 Å². The Morgan fingerprint density at radius 2 is 1.75 bits per heavy atom. The molecule has 1 N–H and O–H groups in total. The molecule has 1 saturated carbocycles. The highest BCUT2D eigenvalue weighted by molar-refractivity contribution is 15.0. The van der Waals surface area contributed by atoms with Gasteiger partial charge in [-0.25, -0.2) is 0 Å². The summed E-state index contributed by atoms with van der Waals surface area (Å²) in [6.45, 7) is 2.34. The molecule has 2 aliphatic rings. The first-order valence-corrected chi connectivity index (χ1v) is 11.7. The lowest BCUT2D eigenvalue weighted by atomic mass is 10.2. The lowest BCUT2D eigenvalue weighted by molar-refractivity contribution is 0.680. The molecule has 0 radical (unpaired) electrons. The van der Waals surface area contributed by atoms with Gasteiger partial charge in [-0.1, -0.05) is 30.3 Å². The summed E-state index contributed by atoms with van der Waals surface area (Å²) in [5.41, 5.74) is 1.21. The SMILES string of the molecule is C(=NC1[C@H]2CNC[C@@H]12)c1ccccc1.II. The highest BCUT2D eigenvalue weighted by atomic mass is 128. The van der Waals surface area contributed by atoms with E-state index in [9.17, 15) is 0 Å². The van der Waals surface area contributed by atoms with Gasteiger partial charge in [0.1, 0.15) is 0 Å². The van der Waals surface area contributed by atoms with Gasteiger partial charge >= 0.3 is 0 Å². The monoisotopic (exact) mass is 440 g/mol. The molecule has 2 nitrogen and oxygen atoms in total. The first kappa shape index (κ1) is 12.8. The fourth-order valence-electron chi connectivity index (χ4n) is 2.32. The van der Waals surface area contributed by atoms with Crippen LogP contribution in [0, 0.1) is 11.8 Å². The van der Waals surface area contributed by atoms with E-state index in [1.165, 1.54) is 18.7 Å². The van der Waals surface area contributed by atoms with E-state index in [1.807, 2.05) is 12.3 Å². The van der Waals surface area contributed by atoms with Gasteiger partial charge in [0.2, 0.25) is 0 Å². The molecular formula is C12H14I2N2. The Hall–Kier alpha value is 0.310. The van der Waals surface area contributed by atoms with Gasteiger partial charge in [-0.15, -0.1) is 0 Å². The van der Waals surface area contributed by atoms with Crippen LogP contribution in [-0.2, 0) is 0 Å². The molecule has 0 amide bonds. The summed E-state index contributed by atoms with van der Waals surface area (Å²) in [7, 11) is 0. The number of hydrogen-bond donors (Lipinski definition) is 1. The average molecular weight is 440 g/mol. The minimum Gasteiger partial charge on any atom is -0.316 e. The van der Waals surface area contributed by atoms with Crippen molar-refractivity contribution in [1.29, 1.82) is 0 Å². The minimum atomic E-state index is 0.608. The molecule has 3 atom stereocenters. The zero-order valence-electron chi connectivity index (χ0n) is 8.81.